The maximum absolute atomic E-state index is 0. The van der Waals surface area contributed by atoms with Crippen LogP contribution >= 0.6 is 0 Å². The topological polar surface area (TPSA) is 0 Å². The zero-order chi connectivity index (χ0) is 0. The second-order valence-electron chi connectivity index (χ2n) is 0. The van der Waals surface area contributed by atoms with Crippen LogP contribution in [0.1, 0.15) is 5.71 Å². The Hall–Kier alpha value is 3.29. The van der Waals surface area contributed by atoms with Crippen molar-refractivity contribution in [3.8, 4) is 0 Å². The molecule has 0 aliphatic carbocycles. The Kier molecular flexibility index (Phi) is 217. The molecule has 0 heterocycles. The van der Waals surface area contributed by atoms with E-state index >= 15 is 0 Å². The van der Waals surface area contributed by atoms with Crippen molar-refractivity contribution in [3.63, 3.8) is 0 Å². The maximum Gasteiger partial charge on any atom is 2.00 e. The molecule has 0 saturated carbocycles. The molecule has 0 fully saturated rings. The first-order valence-electron chi connectivity index (χ1n) is 0. The molecule has 30 valence electrons. The van der Waals surface area contributed by atoms with Crippen LogP contribution in [0.4, 0.5) is 0 Å². The average Bonchev–Trinajstić information content (AvgIpc) is 0. The summed E-state index contributed by atoms with van der Waals surface area (Å²) in [5.74, 6) is 0. The molecule has 0 aromatic rings. The van der Waals surface area contributed by atoms with Gasteiger partial charge in [-0.3, -0.25) is 0 Å². The second-order valence-corrected chi connectivity index (χ2v) is 0. The Morgan fingerprint density at radius 1 is 1.20 bits per heavy atom. The van der Waals surface area contributed by atoms with Gasteiger partial charge in [-0.2, -0.15) is 0 Å². The van der Waals surface area contributed by atoms with Crippen molar-refractivity contribution in [2.45, 2.75) is 0 Å². The molecule has 0 aliphatic heterocycles. The zero-order valence-electron chi connectivity index (χ0n) is 5.77. The zero-order valence-corrected chi connectivity index (χ0v) is 6.49. The maximum atomic E-state index is 0. The molecule has 0 unspecified atom stereocenters. The van der Waals surface area contributed by atoms with Gasteiger partial charge in [0.1, 0.15) is 0 Å². The van der Waals surface area contributed by atoms with Gasteiger partial charge in [0.25, 0.3) is 0 Å². The molecule has 5 heavy (non-hydrogen) atoms. The fraction of sp³-hybridized carbons (Fsp3) is 0. The monoisotopic (exact) mass is 186 g/mol. The first-order valence-corrected chi connectivity index (χ1v) is 0. The molecule has 0 aliphatic rings. The Morgan fingerprint density at radius 3 is 1.20 bits per heavy atom. The molecular weight excluding hydrogens is 175 g/mol. The third-order valence-electron chi connectivity index (χ3n) is 0. The minimum atomic E-state index is 0. The third kappa shape index (κ3) is 18.8. The van der Waals surface area contributed by atoms with Crippen molar-refractivity contribution in [2.24, 2.45) is 0 Å². The van der Waals surface area contributed by atoms with E-state index in [1.54, 1.807) is 0 Å². The number of hydrogen-bond acceptors (Lipinski definition) is 0. The van der Waals surface area contributed by atoms with Crippen molar-refractivity contribution in [1.29, 1.82) is 0 Å². The molecular formula is H11AlCaFeMgSi. The van der Waals surface area contributed by atoms with Gasteiger partial charge in [-0.25, -0.2) is 0 Å². The van der Waals surface area contributed by atoms with Crippen molar-refractivity contribution >= 4 is 89.1 Å². The van der Waals surface area contributed by atoms with Gasteiger partial charge in [0.15, 0.2) is 17.4 Å². The van der Waals surface area contributed by atoms with Crippen LogP contribution in [0.2, 0.25) is 0 Å². The van der Waals surface area contributed by atoms with E-state index in [-0.39, 0.29) is 112 Å². The van der Waals surface area contributed by atoms with Crippen LogP contribution in [-0.4, -0.2) is 89.1 Å². The molecule has 0 atom stereocenters. The molecule has 0 aromatic heterocycles. The SMILES string of the molecule is [AlH3].[Ca+2].[Fe].[H-].[H-].[H-].[H-].[Mg+2].[SiH4]. The summed E-state index contributed by atoms with van der Waals surface area (Å²) >= 11 is 0. The molecule has 0 aromatic carbocycles. The Balaban J connectivity index is 0. The van der Waals surface area contributed by atoms with E-state index in [1.807, 2.05) is 0 Å². The van der Waals surface area contributed by atoms with E-state index in [2.05, 4.69) is 0 Å². The van der Waals surface area contributed by atoms with Crippen LogP contribution in [0.15, 0.2) is 0 Å². The van der Waals surface area contributed by atoms with Gasteiger partial charge >= 0.3 is 60.8 Å². The minimum absolute atomic E-state index is 0. The smallest absolute Gasteiger partial charge is 1.00 e. The molecule has 0 amide bonds. The van der Waals surface area contributed by atoms with Gasteiger partial charge in [-0.1, -0.05) is 0 Å². The minimum Gasteiger partial charge on any atom is -1.00 e. The molecule has 0 saturated heterocycles. The molecule has 5 heteroatoms. The van der Waals surface area contributed by atoms with E-state index in [1.165, 1.54) is 0 Å². The average molecular weight is 186 g/mol. The predicted molar refractivity (Wildman–Crippen MR) is 37.2 cm³/mol. The van der Waals surface area contributed by atoms with Gasteiger partial charge in [0, 0.05) is 17.1 Å². The summed E-state index contributed by atoms with van der Waals surface area (Å²) in [7, 11) is 0. The fourth-order valence-corrected chi connectivity index (χ4v) is 0. The Labute approximate surface area is 110 Å². The van der Waals surface area contributed by atoms with Crippen LogP contribution in [-0.2, 0) is 17.1 Å². The van der Waals surface area contributed by atoms with Crippen LogP contribution in [0.3, 0.4) is 0 Å². The molecule has 0 N–H and O–H groups in total. The van der Waals surface area contributed by atoms with E-state index in [9.17, 15) is 0 Å². The van der Waals surface area contributed by atoms with Crippen LogP contribution < -0.4 is 0 Å². The van der Waals surface area contributed by atoms with Gasteiger partial charge in [0.2, 0.25) is 0 Å². The normalized spacial score (nSPS) is 0. The second kappa shape index (κ2) is 26.6. The summed E-state index contributed by atoms with van der Waals surface area (Å²) in [4.78, 5) is 0. The van der Waals surface area contributed by atoms with Crippen molar-refractivity contribution in [3.05, 3.63) is 0 Å². The molecule has 0 bridgehead atoms. The van der Waals surface area contributed by atoms with Crippen molar-refractivity contribution < 1.29 is 22.8 Å². The summed E-state index contributed by atoms with van der Waals surface area (Å²) in [5.41, 5.74) is 0. The third-order valence-corrected chi connectivity index (χ3v) is 0. The summed E-state index contributed by atoms with van der Waals surface area (Å²) in [6, 6.07) is 0. The summed E-state index contributed by atoms with van der Waals surface area (Å²) in [6.45, 7) is 0. The summed E-state index contributed by atoms with van der Waals surface area (Å²) in [5, 5.41) is 0. The Morgan fingerprint density at radius 2 is 1.20 bits per heavy atom. The van der Waals surface area contributed by atoms with Gasteiger partial charge in [0.05, 0.1) is 0 Å². The summed E-state index contributed by atoms with van der Waals surface area (Å²) < 4.78 is 0. The van der Waals surface area contributed by atoms with E-state index in [4.69, 9.17) is 0 Å². The predicted octanol–water partition coefficient (Wildman–Crippen LogP) is -2.95. The van der Waals surface area contributed by atoms with Crippen LogP contribution in [0, 0.1) is 0 Å². The molecule has 0 radical (unpaired) electrons. The van der Waals surface area contributed by atoms with Crippen LogP contribution in [0.25, 0.3) is 0 Å². The molecule has 0 rings (SSSR count). The first-order chi connectivity index (χ1) is 0. The summed E-state index contributed by atoms with van der Waals surface area (Å²) in [6.07, 6.45) is 0. The fourth-order valence-electron chi connectivity index (χ4n) is 0. The molecule has 0 spiro atoms. The van der Waals surface area contributed by atoms with E-state index in [0.717, 1.165) is 0 Å². The van der Waals surface area contributed by atoms with Crippen LogP contribution in [0.5, 0.6) is 0 Å². The first kappa shape index (κ1) is 40.7. The standard InChI is InChI=1S/Al.Ca.Fe.Mg.H4Si.7H/h;;;;1H4;;;;;;;/q;+2;;+2;;;;;4*-1. The van der Waals surface area contributed by atoms with E-state index < -0.39 is 0 Å². The van der Waals surface area contributed by atoms with Crippen molar-refractivity contribution in [2.75, 3.05) is 0 Å². The van der Waals surface area contributed by atoms with Gasteiger partial charge in [-0.05, 0) is 11.0 Å². The number of rotatable bonds is 0. The quantitative estimate of drug-likeness (QED) is 0.355. The van der Waals surface area contributed by atoms with E-state index in [0.29, 0.717) is 0 Å². The number of hydrogen-bond donors (Lipinski definition) is 0. The largest absolute Gasteiger partial charge is 2.00 e. The Bertz CT molecular complexity index is 20.5. The van der Waals surface area contributed by atoms with Gasteiger partial charge in [-0.15, -0.1) is 0 Å². The van der Waals surface area contributed by atoms with Crippen molar-refractivity contribution in [1.82, 2.24) is 0 Å². The van der Waals surface area contributed by atoms with Gasteiger partial charge < -0.3 is 5.71 Å². The molecule has 0 nitrogen and oxygen atoms in total.